The maximum Gasteiger partial charge on any atom is 0.268 e. The zero-order valence-corrected chi connectivity index (χ0v) is 16.5. The molecule has 26 heavy (non-hydrogen) atoms. The van der Waals surface area contributed by atoms with Crippen molar-refractivity contribution in [2.24, 2.45) is 7.05 Å². The minimum Gasteiger partial charge on any atom is -0.302 e. The molecule has 0 radical (unpaired) electrons. The van der Waals surface area contributed by atoms with Crippen LogP contribution in [0.1, 0.15) is 21.5 Å². The van der Waals surface area contributed by atoms with Crippen molar-refractivity contribution in [1.29, 1.82) is 0 Å². The van der Waals surface area contributed by atoms with Crippen molar-refractivity contribution in [2.45, 2.75) is 6.92 Å². The van der Waals surface area contributed by atoms with Gasteiger partial charge in [0, 0.05) is 28.7 Å². The first kappa shape index (κ1) is 18.5. The van der Waals surface area contributed by atoms with Gasteiger partial charge in [0.1, 0.15) is 10.5 Å². The molecule has 2 aromatic carbocycles. The van der Waals surface area contributed by atoms with Crippen molar-refractivity contribution in [3.05, 3.63) is 89.0 Å². The van der Waals surface area contributed by atoms with Gasteiger partial charge in [-0.3, -0.25) is 9.59 Å². The Bertz CT molecular complexity index is 1180. The van der Waals surface area contributed by atoms with E-state index in [0.29, 0.717) is 24.8 Å². The fraction of sp³-hybridized carbons (Fsp3) is 0.100. The molecule has 3 nitrogen and oxygen atoms in total. The average Bonchev–Trinajstić information content (AvgIpc) is 2.85. The van der Waals surface area contributed by atoms with E-state index in [-0.39, 0.29) is 11.3 Å². The van der Waals surface area contributed by atoms with Crippen LogP contribution in [-0.2, 0) is 7.05 Å². The van der Waals surface area contributed by atoms with E-state index in [1.165, 1.54) is 22.8 Å². The number of carbonyl (C=O) groups excluding carboxylic acids is 1. The summed E-state index contributed by atoms with van der Waals surface area (Å²) < 4.78 is 17.0. The molecule has 0 aliphatic rings. The summed E-state index contributed by atoms with van der Waals surface area (Å²) in [6, 6.07) is 11.9. The minimum absolute atomic E-state index is 0.165. The molecule has 6 heteroatoms. The smallest absolute Gasteiger partial charge is 0.268 e. The highest BCUT2D eigenvalue weighted by atomic mass is 79.9. The number of hydrogen-bond donors (Lipinski definition) is 0. The van der Waals surface area contributed by atoms with Crippen molar-refractivity contribution < 1.29 is 9.18 Å². The lowest BCUT2D eigenvalue weighted by atomic mass is 10.1. The zero-order chi connectivity index (χ0) is 18.8. The zero-order valence-electron chi connectivity index (χ0n) is 14.1. The van der Waals surface area contributed by atoms with Crippen molar-refractivity contribution >= 4 is 45.2 Å². The fourth-order valence-corrected chi connectivity index (χ4v) is 3.86. The van der Waals surface area contributed by atoms with Crippen LogP contribution in [0.2, 0.25) is 0 Å². The summed E-state index contributed by atoms with van der Waals surface area (Å²) in [7, 11) is 1.60. The van der Waals surface area contributed by atoms with Gasteiger partial charge in [-0.1, -0.05) is 46.3 Å². The van der Waals surface area contributed by atoms with Crippen molar-refractivity contribution in [3.63, 3.8) is 0 Å². The number of hydrogen-bond acceptors (Lipinski definition) is 3. The maximum atomic E-state index is 14.0. The van der Waals surface area contributed by atoms with Crippen LogP contribution in [0, 0.1) is 12.7 Å². The van der Waals surface area contributed by atoms with E-state index in [9.17, 15) is 14.0 Å². The quantitative estimate of drug-likeness (QED) is 0.597. The Morgan fingerprint density at radius 2 is 1.96 bits per heavy atom. The molecule has 0 atom stereocenters. The fourth-order valence-electron chi connectivity index (χ4n) is 2.51. The molecule has 0 amide bonds. The molecule has 0 spiro atoms. The summed E-state index contributed by atoms with van der Waals surface area (Å²) in [6.45, 7) is 1.87. The van der Waals surface area contributed by atoms with Crippen molar-refractivity contribution in [3.8, 4) is 0 Å². The first-order chi connectivity index (χ1) is 12.4. The van der Waals surface area contributed by atoms with E-state index in [4.69, 9.17) is 0 Å². The normalized spacial score (nSPS) is 12.6. The van der Waals surface area contributed by atoms with Crippen LogP contribution in [0.4, 0.5) is 4.39 Å². The van der Waals surface area contributed by atoms with Crippen LogP contribution < -0.4 is 14.8 Å². The number of aryl methyl sites for hydroxylation is 1. The highest BCUT2D eigenvalue weighted by molar-refractivity contribution is 9.10. The van der Waals surface area contributed by atoms with Crippen molar-refractivity contribution in [2.75, 3.05) is 0 Å². The Balaban J connectivity index is 2.11. The minimum atomic E-state index is -0.420. The third kappa shape index (κ3) is 3.76. The summed E-state index contributed by atoms with van der Waals surface area (Å²) in [4.78, 5) is 25.0. The van der Waals surface area contributed by atoms with Crippen LogP contribution in [-0.4, -0.2) is 10.4 Å². The summed E-state index contributed by atoms with van der Waals surface area (Å²) in [5.41, 5.74) is 1.53. The number of benzene rings is 2. The standard InChI is InChI=1S/C20H15BrFNO2S/c1-12-5-3-4-6-15(12)17(24)11-19-23(2)20(25)18(26-19)9-13-7-8-14(21)10-16(13)22/h3-11H,1-2H3/b18-9-,19-11+. The second-order valence-corrected chi connectivity index (χ2v) is 7.78. The molecule has 0 N–H and O–H groups in total. The highest BCUT2D eigenvalue weighted by Crippen LogP contribution is 2.15. The van der Waals surface area contributed by atoms with Crippen LogP contribution >= 0.6 is 27.3 Å². The van der Waals surface area contributed by atoms with Gasteiger partial charge < -0.3 is 4.57 Å². The molecule has 3 aromatic rings. The second-order valence-electron chi connectivity index (χ2n) is 5.80. The monoisotopic (exact) mass is 431 g/mol. The number of aromatic nitrogens is 1. The number of ketones is 1. The number of Topliss-reactive ketones (excluding diaryl/α,β-unsaturated/α-hetero) is 1. The third-order valence-corrected chi connectivity index (χ3v) is 5.58. The van der Waals surface area contributed by atoms with Gasteiger partial charge in [0.2, 0.25) is 0 Å². The predicted octanol–water partition coefficient (Wildman–Crippen LogP) is 3.15. The van der Waals surface area contributed by atoms with Crippen LogP contribution in [0.5, 0.6) is 0 Å². The Morgan fingerprint density at radius 3 is 2.65 bits per heavy atom. The van der Waals surface area contributed by atoms with Crippen LogP contribution in [0.3, 0.4) is 0 Å². The van der Waals surface area contributed by atoms with Gasteiger partial charge in [-0.05, 0) is 30.7 Å². The lowest BCUT2D eigenvalue weighted by molar-refractivity contribution is 0.106. The molecule has 1 heterocycles. The predicted molar refractivity (Wildman–Crippen MR) is 106 cm³/mol. The number of carbonyl (C=O) groups is 1. The molecule has 0 unspecified atom stereocenters. The maximum absolute atomic E-state index is 14.0. The van der Waals surface area contributed by atoms with Gasteiger partial charge in [0.15, 0.2) is 5.78 Å². The van der Waals surface area contributed by atoms with Crippen LogP contribution in [0.15, 0.2) is 51.7 Å². The molecule has 0 saturated carbocycles. The highest BCUT2D eigenvalue weighted by Gasteiger charge is 2.08. The lowest BCUT2D eigenvalue weighted by Crippen LogP contribution is -2.29. The van der Waals surface area contributed by atoms with E-state index >= 15 is 0 Å². The molecule has 132 valence electrons. The van der Waals surface area contributed by atoms with E-state index in [2.05, 4.69) is 15.9 Å². The third-order valence-electron chi connectivity index (χ3n) is 3.97. The Labute approximate surface area is 161 Å². The Kier molecular flexibility index (Phi) is 5.34. The summed E-state index contributed by atoms with van der Waals surface area (Å²) in [6.07, 6.45) is 2.95. The van der Waals surface area contributed by atoms with Crippen LogP contribution in [0.25, 0.3) is 12.2 Å². The molecule has 0 saturated heterocycles. The van der Waals surface area contributed by atoms with E-state index in [0.717, 1.165) is 16.9 Å². The second kappa shape index (κ2) is 7.51. The average molecular weight is 432 g/mol. The Morgan fingerprint density at radius 1 is 1.23 bits per heavy atom. The molecule has 0 aliphatic heterocycles. The van der Waals surface area contributed by atoms with Gasteiger partial charge in [-0.2, -0.15) is 0 Å². The summed E-state index contributed by atoms with van der Waals surface area (Å²) in [5.74, 6) is -0.585. The van der Waals surface area contributed by atoms with Gasteiger partial charge in [-0.25, -0.2) is 4.39 Å². The number of nitrogens with zero attached hydrogens (tertiary/aromatic N) is 1. The first-order valence-corrected chi connectivity index (χ1v) is 9.42. The van der Waals surface area contributed by atoms with E-state index < -0.39 is 5.82 Å². The molecule has 0 bridgehead atoms. The van der Waals surface area contributed by atoms with Gasteiger partial charge in [0.25, 0.3) is 5.56 Å². The SMILES string of the molecule is Cc1ccccc1C(=O)/C=c1/s/c(=C\c2ccc(Br)cc2F)c(=O)n1C. The van der Waals surface area contributed by atoms with Gasteiger partial charge >= 0.3 is 0 Å². The Hall–Kier alpha value is -2.31. The first-order valence-electron chi connectivity index (χ1n) is 7.81. The topological polar surface area (TPSA) is 39.1 Å². The number of rotatable bonds is 3. The molecule has 0 aliphatic carbocycles. The molecular formula is C20H15BrFNO2S. The number of halogens is 2. The summed E-state index contributed by atoms with van der Waals surface area (Å²) in [5, 5.41) is 0. The largest absolute Gasteiger partial charge is 0.302 e. The lowest BCUT2D eigenvalue weighted by Gasteiger charge is -1.99. The van der Waals surface area contributed by atoms with Gasteiger partial charge in [0.05, 0.1) is 4.53 Å². The van der Waals surface area contributed by atoms with Gasteiger partial charge in [-0.15, -0.1) is 11.3 Å². The molecular weight excluding hydrogens is 417 g/mol. The number of thiazole rings is 1. The van der Waals surface area contributed by atoms with Crippen molar-refractivity contribution in [1.82, 2.24) is 4.57 Å². The molecule has 3 rings (SSSR count). The summed E-state index contributed by atoms with van der Waals surface area (Å²) >= 11 is 4.37. The van der Waals surface area contributed by atoms with E-state index in [1.807, 2.05) is 19.1 Å². The molecule has 1 aromatic heterocycles. The molecule has 0 fully saturated rings. The van der Waals surface area contributed by atoms with E-state index in [1.54, 1.807) is 31.3 Å².